The number of hydrogen-bond acceptors (Lipinski definition) is 0. The molecule has 0 saturated heterocycles. The summed E-state index contributed by atoms with van der Waals surface area (Å²) in [7, 11) is 0. The lowest BCUT2D eigenvalue weighted by Crippen LogP contribution is -2.20. The third-order valence-electron chi connectivity index (χ3n) is 4.36. The minimum absolute atomic E-state index is 0.102. The van der Waals surface area contributed by atoms with Gasteiger partial charge in [-0.2, -0.15) is 0 Å². The number of halogens is 1. The maximum Gasteiger partial charge on any atom is 0.0657 e. The highest BCUT2D eigenvalue weighted by Gasteiger charge is 2.32. The highest BCUT2D eigenvalue weighted by Crippen LogP contribution is 2.46. The first-order valence-corrected chi connectivity index (χ1v) is 8.04. The summed E-state index contributed by atoms with van der Waals surface area (Å²) in [5.74, 6) is 0.481. The zero-order valence-electron chi connectivity index (χ0n) is 12.0. The molecule has 1 aliphatic rings. The first-order valence-electron chi connectivity index (χ1n) is 7.60. The third-order valence-corrected chi connectivity index (χ3v) is 4.92. The van der Waals surface area contributed by atoms with E-state index < -0.39 is 0 Å². The van der Waals surface area contributed by atoms with Crippen LogP contribution >= 0.6 is 11.6 Å². The standard InChI is InChI=1S/C19H21Cl/c1-2-3-6-14-9-11-15(12-10-14)19(20)18-13-16-7-4-5-8-17(16)18/h4-5,7-12,18-19H,2-3,6,13H2,1H3. The molecule has 2 aromatic carbocycles. The smallest absolute Gasteiger partial charge is 0.0657 e. The van der Waals surface area contributed by atoms with Crippen LogP contribution in [-0.4, -0.2) is 0 Å². The van der Waals surface area contributed by atoms with Crippen molar-refractivity contribution in [3.63, 3.8) is 0 Å². The normalized spacial score (nSPS) is 18.2. The second-order valence-corrected chi connectivity index (χ2v) is 6.23. The number of rotatable bonds is 5. The van der Waals surface area contributed by atoms with Gasteiger partial charge >= 0.3 is 0 Å². The summed E-state index contributed by atoms with van der Waals surface area (Å²) < 4.78 is 0. The van der Waals surface area contributed by atoms with Crippen molar-refractivity contribution in [3.8, 4) is 0 Å². The van der Waals surface area contributed by atoms with Crippen LogP contribution in [0.3, 0.4) is 0 Å². The van der Waals surface area contributed by atoms with Crippen molar-refractivity contribution in [3.05, 3.63) is 70.8 Å². The van der Waals surface area contributed by atoms with Crippen molar-refractivity contribution in [1.29, 1.82) is 0 Å². The largest absolute Gasteiger partial charge is 0.117 e. The Balaban J connectivity index is 1.71. The van der Waals surface area contributed by atoms with Gasteiger partial charge in [-0.15, -0.1) is 11.6 Å². The van der Waals surface area contributed by atoms with Crippen molar-refractivity contribution in [1.82, 2.24) is 0 Å². The maximum atomic E-state index is 6.69. The molecule has 0 aromatic heterocycles. The first-order chi connectivity index (χ1) is 9.79. The Morgan fingerprint density at radius 3 is 2.55 bits per heavy atom. The molecule has 104 valence electrons. The van der Waals surface area contributed by atoms with E-state index in [9.17, 15) is 0 Å². The Hall–Kier alpha value is -1.27. The Morgan fingerprint density at radius 2 is 1.85 bits per heavy atom. The summed E-state index contributed by atoms with van der Waals surface area (Å²) in [4.78, 5) is 0. The maximum absolute atomic E-state index is 6.69. The van der Waals surface area contributed by atoms with E-state index in [4.69, 9.17) is 11.6 Å². The molecule has 0 N–H and O–H groups in total. The van der Waals surface area contributed by atoms with Crippen LogP contribution in [0.4, 0.5) is 0 Å². The van der Waals surface area contributed by atoms with Gasteiger partial charge in [0.25, 0.3) is 0 Å². The Labute approximate surface area is 126 Å². The van der Waals surface area contributed by atoms with Gasteiger partial charge in [0.15, 0.2) is 0 Å². The van der Waals surface area contributed by atoms with Crippen LogP contribution in [0.1, 0.15) is 53.3 Å². The number of fused-ring (bicyclic) bond motifs is 1. The molecule has 3 rings (SSSR count). The summed E-state index contributed by atoms with van der Waals surface area (Å²) in [6.07, 6.45) is 4.80. The second-order valence-electron chi connectivity index (χ2n) is 5.76. The lowest BCUT2D eigenvalue weighted by atomic mass is 9.74. The van der Waals surface area contributed by atoms with Crippen LogP contribution in [0.15, 0.2) is 48.5 Å². The SMILES string of the molecule is CCCCc1ccc(C(Cl)C2Cc3ccccc32)cc1. The van der Waals surface area contributed by atoms with Gasteiger partial charge in [0.2, 0.25) is 0 Å². The predicted octanol–water partition coefficient (Wildman–Crippen LogP) is 5.65. The highest BCUT2D eigenvalue weighted by atomic mass is 35.5. The molecule has 0 saturated carbocycles. The molecule has 1 aliphatic carbocycles. The van der Waals surface area contributed by atoms with Crippen LogP contribution in [-0.2, 0) is 12.8 Å². The zero-order chi connectivity index (χ0) is 13.9. The van der Waals surface area contributed by atoms with E-state index in [0.29, 0.717) is 5.92 Å². The minimum Gasteiger partial charge on any atom is -0.117 e. The van der Waals surface area contributed by atoms with Crippen molar-refractivity contribution < 1.29 is 0 Å². The number of benzene rings is 2. The van der Waals surface area contributed by atoms with Crippen LogP contribution in [0, 0.1) is 0 Å². The molecule has 20 heavy (non-hydrogen) atoms. The molecular formula is C19H21Cl. The Kier molecular flexibility index (Phi) is 4.12. The monoisotopic (exact) mass is 284 g/mol. The van der Waals surface area contributed by atoms with Gasteiger partial charge in [-0.1, -0.05) is 61.9 Å². The van der Waals surface area contributed by atoms with Crippen LogP contribution < -0.4 is 0 Å². The van der Waals surface area contributed by atoms with E-state index in [1.165, 1.54) is 41.5 Å². The molecular weight excluding hydrogens is 264 g/mol. The van der Waals surface area contributed by atoms with Gasteiger partial charge in [-0.25, -0.2) is 0 Å². The van der Waals surface area contributed by atoms with E-state index in [0.717, 1.165) is 6.42 Å². The molecule has 0 bridgehead atoms. The van der Waals surface area contributed by atoms with E-state index >= 15 is 0 Å². The lowest BCUT2D eigenvalue weighted by molar-refractivity contribution is 0.587. The second kappa shape index (κ2) is 6.01. The molecule has 2 unspecified atom stereocenters. The number of aryl methyl sites for hydroxylation is 1. The van der Waals surface area contributed by atoms with Gasteiger partial charge in [0, 0.05) is 5.92 Å². The van der Waals surface area contributed by atoms with Gasteiger partial charge < -0.3 is 0 Å². The average molecular weight is 285 g/mol. The topological polar surface area (TPSA) is 0 Å². The number of alkyl halides is 1. The van der Waals surface area contributed by atoms with E-state index in [2.05, 4.69) is 55.5 Å². The molecule has 0 radical (unpaired) electrons. The molecule has 0 heterocycles. The Bertz CT molecular complexity index is 571. The molecule has 0 nitrogen and oxygen atoms in total. The minimum atomic E-state index is 0.102. The van der Waals surface area contributed by atoms with Gasteiger partial charge in [-0.3, -0.25) is 0 Å². The highest BCUT2D eigenvalue weighted by molar-refractivity contribution is 6.21. The zero-order valence-corrected chi connectivity index (χ0v) is 12.7. The molecule has 2 atom stereocenters. The van der Waals surface area contributed by atoms with Gasteiger partial charge in [0.1, 0.15) is 0 Å². The summed E-state index contributed by atoms with van der Waals surface area (Å²) >= 11 is 6.69. The van der Waals surface area contributed by atoms with Crippen molar-refractivity contribution >= 4 is 11.6 Å². The fourth-order valence-corrected chi connectivity index (χ4v) is 3.41. The first kappa shape index (κ1) is 13.7. The summed E-state index contributed by atoms with van der Waals surface area (Å²) in [6.45, 7) is 2.23. The molecule has 1 heteroatoms. The van der Waals surface area contributed by atoms with E-state index in [-0.39, 0.29) is 5.38 Å². The molecule has 0 fully saturated rings. The fourth-order valence-electron chi connectivity index (χ4n) is 3.04. The predicted molar refractivity (Wildman–Crippen MR) is 86.5 cm³/mol. The van der Waals surface area contributed by atoms with Crippen LogP contribution in [0.5, 0.6) is 0 Å². The van der Waals surface area contributed by atoms with Crippen LogP contribution in [0.25, 0.3) is 0 Å². The molecule has 0 aliphatic heterocycles. The summed E-state index contributed by atoms with van der Waals surface area (Å²) in [6, 6.07) is 17.6. The Morgan fingerprint density at radius 1 is 1.10 bits per heavy atom. The van der Waals surface area contributed by atoms with Crippen molar-refractivity contribution in [2.45, 2.75) is 43.9 Å². The fraction of sp³-hybridized carbons (Fsp3) is 0.368. The summed E-state index contributed by atoms with van der Waals surface area (Å²) in [5, 5.41) is 0.102. The van der Waals surface area contributed by atoms with Crippen molar-refractivity contribution in [2.75, 3.05) is 0 Å². The average Bonchev–Trinajstić information content (AvgIpc) is 2.47. The van der Waals surface area contributed by atoms with Crippen LogP contribution in [0.2, 0.25) is 0 Å². The third kappa shape index (κ3) is 2.62. The van der Waals surface area contributed by atoms with Gasteiger partial charge in [-0.05, 0) is 41.5 Å². The van der Waals surface area contributed by atoms with E-state index in [1.807, 2.05) is 0 Å². The van der Waals surface area contributed by atoms with Gasteiger partial charge in [0.05, 0.1) is 5.38 Å². The lowest BCUT2D eigenvalue weighted by Gasteiger charge is -2.33. The number of unbranched alkanes of at least 4 members (excludes halogenated alkanes) is 1. The summed E-state index contributed by atoms with van der Waals surface area (Å²) in [5.41, 5.74) is 5.57. The number of hydrogen-bond donors (Lipinski definition) is 0. The molecule has 0 amide bonds. The molecule has 2 aromatic rings. The van der Waals surface area contributed by atoms with E-state index in [1.54, 1.807) is 0 Å². The quantitative estimate of drug-likeness (QED) is 0.623. The van der Waals surface area contributed by atoms with Crippen molar-refractivity contribution in [2.24, 2.45) is 0 Å². The molecule has 0 spiro atoms.